The number of amides is 1. The lowest BCUT2D eigenvalue weighted by Crippen LogP contribution is -2.48. The van der Waals surface area contributed by atoms with Gasteiger partial charge in [0.2, 0.25) is 0 Å². The molecule has 1 aromatic carbocycles. The van der Waals surface area contributed by atoms with E-state index < -0.39 is 0 Å². The van der Waals surface area contributed by atoms with Crippen molar-refractivity contribution in [1.82, 2.24) is 9.80 Å². The van der Waals surface area contributed by atoms with Gasteiger partial charge in [-0.15, -0.1) is 11.3 Å². The Kier molecular flexibility index (Phi) is 5.99. The van der Waals surface area contributed by atoms with Gasteiger partial charge in [-0.3, -0.25) is 14.5 Å². The Hall–Kier alpha value is -2.22. The number of carbonyl (C=O) groups is 2. The van der Waals surface area contributed by atoms with Gasteiger partial charge in [0.25, 0.3) is 5.91 Å². The Morgan fingerprint density at radius 2 is 1.72 bits per heavy atom. The van der Waals surface area contributed by atoms with Crippen molar-refractivity contribution in [2.24, 2.45) is 0 Å². The third kappa shape index (κ3) is 4.69. The van der Waals surface area contributed by atoms with Crippen molar-refractivity contribution in [3.05, 3.63) is 68.5 Å². The van der Waals surface area contributed by atoms with E-state index in [4.69, 9.17) is 4.42 Å². The number of rotatable bonds is 5. The third-order valence-corrected chi connectivity index (χ3v) is 6.67. The van der Waals surface area contributed by atoms with Crippen LogP contribution in [0, 0.1) is 0 Å². The normalized spacial score (nSPS) is 14.9. The first-order chi connectivity index (χ1) is 14.0. The molecule has 3 aromatic rings. The number of nitrogens with zero attached hydrogens (tertiary/aromatic N) is 2. The molecule has 5 nitrogen and oxygen atoms in total. The highest BCUT2D eigenvalue weighted by Gasteiger charge is 2.24. The number of ketones is 1. The Morgan fingerprint density at radius 1 is 1.00 bits per heavy atom. The van der Waals surface area contributed by atoms with Crippen LogP contribution in [-0.2, 0) is 6.54 Å². The van der Waals surface area contributed by atoms with Gasteiger partial charge in [0.1, 0.15) is 5.76 Å². The predicted octanol–water partition coefficient (Wildman–Crippen LogP) is 4.93. The van der Waals surface area contributed by atoms with Gasteiger partial charge >= 0.3 is 0 Å². The van der Waals surface area contributed by atoms with E-state index in [2.05, 4.69) is 33.0 Å². The highest BCUT2D eigenvalue weighted by atomic mass is 79.9. The van der Waals surface area contributed by atoms with E-state index >= 15 is 0 Å². The minimum Gasteiger partial charge on any atom is -0.451 e. The molecule has 3 heterocycles. The molecule has 0 bridgehead atoms. The van der Waals surface area contributed by atoms with Crippen molar-refractivity contribution in [3.8, 4) is 11.3 Å². The van der Waals surface area contributed by atoms with E-state index in [9.17, 15) is 9.59 Å². The van der Waals surface area contributed by atoms with Gasteiger partial charge in [-0.2, -0.15) is 0 Å². The minimum atomic E-state index is -0.0740. The van der Waals surface area contributed by atoms with Crippen LogP contribution >= 0.6 is 27.3 Å². The number of halogens is 1. The molecule has 1 aliphatic heterocycles. The summed E-state index contributed by atoms with van der Waals surface area (Å²) in [5.74, 6) is 0.935. The number of furan rings is 1. The smallest absolute Gasteiger partial charge is 0.289 e. The molecule has 7 heteroatoms. The van der Waals surface area contributed by atoms with Crippen LogP contribution in [0.25, 0.3) is 11.3 Å². The standard InChI is InChI=1S/C22H21BrN2O3S/c1-15(26)16-2-4-17(5-3-16)19-7-8-20(28-19)22(27)25-12-10-24(11-13-25)14-18-6-9-21(23)29-18/h2-9H,10-14H2,1H3. The highest BCUT2D eigenvalue weighted by molar-refractivity contribution is 9.11. The Bertz CT molecular complexity index is 1020. The Morgan fingerprint density at radius 3 is 2.34 bits per heavy atom. The van der Waals surface area contributed by atoms with E-state index in [1.807, 2.05) is 17.0 Å². The van der Waals surface area contributed by atoms with E-state index in [0.717, 1.165) is 29.0 Å². The fraction of sp³-hybridized carbons (Fsp3) is 0.273. The molecule has 0 radical (unpaired) electrons. The van der Waals surface area contributed by atoms with Crippen LogP contribution < -0.4 is 0 Å². The van der Waals surface area contributed by atoms with Crippen LogP contribution in [-0.4, -0.2) is 47.7 Å². The molecule has 1 aliphatic rings. The van der Waals surface area contributed by atoms with E-state index in [0.29, 0.717) is 30.2 Å². The lowest BCUT2D eigenvalue weighted by molar-refractivity contribution is 0.0599. The number of piperazine rings is 1. The van der Waals surface area contributed by atoms with Gasteiger partial charge in [-0.05, 0) is 47.1 Å². The van der Waals surface area contributed by atoms with Crippen LogP contribution in [0.1, 0.15) is 32.7 Å². The number of benzene rings is 1. The van der Waals surface area contributed by atoms with Crippen molar-refractivity contribution in [1.29, 1.82) is 0 Å². The fourth-order valence-electron chi connectivity index (χ4n) is 3.40. The summed E-state index contributed by atoms with van der Waals surface area (Å²) in [6.07, 6.45) is 0. The zero-order valence-corrected chi connectivity index (χ0v) is 18.5. The van der Waals surface area contributed by atoms with Gasteiger partial charge in [0.05, 0.1) is 3.79 Å². The van der Waals surface area contributed by atoms with Gasteiger partial charge in [0, 0.05) is 48.7 Å². The molecule has 1 fully saturated rings. The molecule has 0 aliphatic carbocycles. The SMILES string of the molecule is CC(=O)c1ccc(-c2ccc(C(=O)N3CCN(Cc4ccc(Br)s4)CC3)o2)cc1. The van der Waals surface area contributed by atoms with Crippen LogP contribution in [0.5, 0.6) is 0 Å². The van der Waals surface area contributed by atoms with E-state index in [1.54, 1.807) is 35.6 Å². The molecular formula is C22H21BrN2O3S. The van der Waals surface area contributed by atoms with Crippen LogP contribution in [0.3, 0.4) is 0 Å². The first kappa shape index (κ1) is 20.1. The second kappa shape index (κ2) is 8.65. The molecule has 150 valence electrons. The van der Waals surface area contributed by atoms with Crippen molar-refractivity contribution in [2.75, 3.05) is 26.2 Å². The number of Topliss-reactive ketones (excluding diaryl/α,β-unsaturated/α-hetero) is 1. The minimum absolute atomic E-state index is 0.0257. The molecule has 0 unspecified atom stereocenters. The summed E-state index contributed by atoms with van der Waals surface area (Å²) in [6, 6.07) is 15.0. The highest BCUT2D eigenvalue weighted by Crippen LogP contribution is 2.25. The summed E-state index contributed by atoms with van der Waals surface area (Å²) in [5.41, 5.74) is 1.50. The molecule has 0 spiro atoms. The Balaban J connectivity index is 1.36. The van der Waals surface area contributed by atoms with Crippen molar-refractivity contribution in [2.45, 2.75) is 13.5 Å². The molecule has 2 aromatic heterocycles. The second-order valence-electron chi connectivity index (χ2n) is 7.07. The number of carbonyl (C=O) groups excluding carboxylic acids is 2. The average molecular weight is 473 g/mol. The molecular weight excluding hydrogens is 452 g/mol. The molecule has 1 saturated heterocycles. The summed E-state index contributed by atoms with van der Waals surface area (Å²) < 4.78 is 6.96. The molecule has 0 atom stereocenters. The first-order valence-electron chi connectivity index (χ1n) is 9.46. The molecule has 4 rings (SSSR count). The van der Waals surface area contributed by atoms with Crippen molar-refractivity contribution < 1.29 is 14.0 Å². The van der Waals surface area contributed by atoms with Gasteiger partial charge in [-0.25, -0.2) is 0 Å². The summed E-state index contributed by atoms with van der Waals surface area (Å²) in [6.45, 7) is 5.53. The first-order valence-corrected chi connectivity index (χ1v) is 11.1. The van der Waals surface area contributed by atoms with Crippen molar-refractivity contribution >= 4 is 39.0 Å². The zero-order chi connectivity index (χ0) is 20.4. The lowest BCUT2D eigenvalue weighted by atomic mass is 10.1. The molecule has 29 heavy (non-hydrogen) atoms. The Labute approximate surface area is 182 Å². The molecule has 0 N–H and O–H groups in total. The monoisotopic (exact) mass is 472 g/mol. The van der Waals surface area contributed by atoms with Crippen LogP contribution in [0.2, 0.25) is 0 Å². The molecule has 0 saturated carbocycles. The number of thiophene rings is 1. The number of hydrogen-bond acceptors (Lipinski definition) is 5. The van der Waals surface area contributed by atoms with E-state index in [-0.39, 0.29) is 11.7 Å². The van der Waals surface area contributed by atoms with Crippen LogP contribution in [0.15, 0.2) is 56.7 Å². The summed E-state index contributed by atoms with van der Waals surface area (Å²) in [5, 5.41) is 0. The second-order valence-corrected chi connectivity index (χ2v) is 9.62. The number of hydrogen-bond donors (Lipinski definition) is 0. The average Bonchev–Trinajstić information content (AvgIpc) is 3.37. The van der Waals surface area contributed by atoms with Gasteiger partial charge < -0.3 is 9.32 Å². The molecule has 1 amide bonds. The quantitative estimate of drug-likeness (QED) is 0.493. The predicted molar refractivity (Wildman–Crippen MR) is 117 cm³/mol. The summed E-state index contributed by atoms with van der Waals surface area (Å²) >= 11 is 5.25. The van der Waals surface area contributed by atoms with Crippen LogP contribution in [0.4, 0.5) is 0 Å². The van der Waals surface area contributed by atoms with Gasteiger partial charge in [-0.1, -0.05) is 24.3 Å². The zero-order valence-electron chi connectivity index (χ0n) is 16.1. The summed E-state index contributed by atoms with van der Waals surface area (Å²) in [7, 11) is 0. The topological polar surface area (TPSA) is 53.8 Å². The third-order valence-electron chi connectivity index (χ3n) is 5.06. The maximum absolute atomic E-state index is 12.8. The van der Waals surface area contributed by atoms with Gasteiger partial charge in [0.15, 0.2) is 11.5 Å². The van der Waals surface area contributed by atoms with Crippen molar-refractivity contribution in [3.63, 3.8) is 0 Å². The van der Waals surface area contributed by atoms with E-state index in [1.165, 1.54) is 11.8 Å². The fourth-order valence-corrected chi connectivity index (χ4v) is 4.92. The maximum atomic E-state index is 12.8. The maximum Gasteiger partial charge on any atom is 0.289 e. The largest absolute Gasteiger partial charge is 0.451 e. The summed E-state index contributed by atoms with van der Waals surface area (Å²) in [4.78, 5) is 29.8. The lowest BCUT2D eigenvalue weighted by Gasteiger charge is -2.34.